The first kappa shape index (κ1) is 17.0. The maximum Gasteiger partial charge on any atom is 0.270 e. The van der Waals surface area contributed by atoms with Gasteiger partial charge in [0, 0.05) is 24.0 Å². The van der Waals surface area contributed by atoms with E-state index in [4.69, 9.17) is 4.74 Å². The fourth-order valence-electron chi connectivity index (χ4n) is 2.71. The van der Waals surface area contributed by atoms with Crippen molar-refractivity contribution in [3.8, 4) is 5.75 Å². The summed E-state index contributed by atoms with van der Waals surface area (Å²) in [6.45, 7) is 1.76. The molecule has 2 aromatic carbocycles. The van der Waals surface area contributed by atoms with E-state index in [0.717, 1.165) is 23.0 Å². The maximum absolute atomic E-state index is 13.4. The summed E-state index contributed by atoms with van der Waals surface area (Å²) in [5, 5.41) is 0.887. The number of methoxy groups -OCH3 is 1. The molecule has 3 aromatic rings. The minimum Gasteiger partial charge on any atom is -0.497 e. The van der Waals surface area contributed by atoms with Gasteiger partial charge in [0.05, 0.1) is 13.2 Å². The van der Waals surface area contributed by atoms with E-state index < -0.39 is 17.7 Å². The van der Waals surface area contributed by atoms with Gasteiger partial charge < -0.3 is 14.6 Å². The van der Waals surface area contributed by atoms with Crippen LogP contribution in [-0.4, -0.2) is 29.9 Å². The van der Waals surface area contributed by atoms with Gasteiger partial charge in [-0.15, -0.1) is 0 Å². The second-order valence-corrected chi connectivity index (χ2v) is 5.90. The normalized spacial score (nSPS) is 12.2. The summed E-state index contributed by atoms with van der Waals surface area (Å²) in [4.78, 5) is 17.3. The molecule has 0 spiro atoms. The molecule has 1 atom stereocenters. The number of amides is 1. The first-order chi connectivity index (χ1) is 11.9. The molecule has 1 aromatic heterocycles. The highest BCUT2D eigenvalue weighted by Crippen LogP contribution is 2.25. The van der Waals surface area contributed by atoms with Crippen LogP contribution in [0.1, 0.15) is 29.0 Å². The van der Waals surface area contributed by atoms with Crippen LogP contribution in [-0.2, 0) is 0 Å². The lowest BCUT2D eigenvalue weighted by molar-refractivity contribution is 0.0737. The second-order valence-electron chi connectivity index (χ2n) is 5.90. The summed E-state index contributed by atoms with van der Waals surface area (Å²) in [7, 11) is 3.20. The smallest absolute Gasteiger partial charge is 0.270 e. The molecule has 130 valence electrons. The van der Waals surface area contributed by atoms with Crippen molar-refractivity contribution < 1.29 is 18.3 Å². The third-order valence-electron chi connectivity index (χ3n) is 4.39. The van der Waals surface area contributed by atoms with E-state index in [1.807, 2.05) is 18.2 Å². The van der Waals surface area contributed by atoms with Crippen LogP contribution in [0.5, 0.6) is 5.75 Å². The standard InChI is InChI=1S/C19H18F2N2O2/c1-11(12-5-7-15(20)16(21)8-12)23(2)19(24)18-9-13-4-6-14(25-3)10-17(13)22-18/h4-11,22H,1-3H3. The highest BCUT2D eigenvalue weighted by Gasteiger charge is 2.21. The van der Waals surface area contributed by atoms with Crippen molar-refractivity contribution in [1.29, 1.82) is 0 Å². The largest absolute Gasteiger partial charge is 0.497 e. The molecule has 4 nitrogen and oxygen atoms in total. The highest BCUT2D eigenvalue weighted by molar-refractivity contribution is 5.98. The number of hydrogen-bond donors (Lipinski definition) is 1. The summed E-state index contributed by atoms with van der Waals surface area (Å²) < 4.78 is 31.7. The van der Waals surface area contributed by atoms with Gasteiger partial charge in [0.15, 0.2) is 11.6 Å². The Morgan fingerprint density at radius 2 is 1.88 bits per heavy atom. The van der Waals surface area contributed by atoms with Crippen LogP contribution in [0.25, 0.3) is 10.9 Å². The maximum atomic E-state index is 13.4. The molecule has 0 aliphatic heterocycles. The average molecular weight is 344 g/mol. The van der Waals surface area contributed by atoms with Gasteiger partial charge in [-0.3, -0.25) is 4.79 Å². The van der Waals surface area contributed by atoms with E-state index in [1.165, 1.54) is 11.0 Å². The van der Waals surface area contributed by atoms with E-state index in [0.29, 0.717) is 17.0 Å². The van der Waals surface area contributed by atoms with Gasteiger partial charge in [-0.1, -0.05) is 6.07 Å². The Kier molecular flexibility index (Phi) is 4.44. The van der Waals surface area contributed by atoms with Gasteiger partial charge in [-0.05, 0) is 42.8 Å². The van der Waals surface area contributed by atoms with Gasteiger partial charge in [0.25, 0.3) is 5.91 Å². The zero-order valence-corrected chi connectivity index (χ0v) is 14.1. The van der Waals surface area contributed by atoms with Crippen LogP contribution >= 0.6 is 0 Å². The summed E-state index contributed by atoms with van der Waals surface area (Å²) >= 11 is 0. The molecule has 0 aliphatic rings. The van der Waals surface area contributed by atoms with E-state index in [1.54, 1.807) is 27.1 Å². The Balaban J connectivity index is 1.87. The van der Waals surface area contributed by atoms with E-state index in [-0.39, 0.29) is 5.91 Å². The minimum absolute atomic E-state index is 0.243. The second kappa shape index (κ2) is 6.55. The van der Waals surface area contributed by atoms with E-state index in [2.05, 4.69) is 4.98 Å². The lowest BCUT2D eigenvalue weighted by Gasteiger charge is -2.25. The number of carbonyl (C=O) groups excluding carboxylic acids is 1. The number of aromatic amines is 1. The van der Waals surface area contributed by atoms with Crippen LogP contribution in [0.3, 0.4) is 0 Å². The fraction of sp³-hybridized carbons (Fsp3) is 0.211. The lowest BCUT2D eigenvalue weighted by Crippen LogP contribution is -2.30. The van der Waals surface area contributed by atoms with Crippen molar-refractivity contribution >= 4 is 16.8 Å². The third kappa shape index (κ3) is 3.20. The number of ether oxygens (including phenoxy) is 1. The van der Waals surface area contributed by atoms with Gasteiger partial charge >= 0.3 is 0 Å². The number of carbonyl (C=O) groups is 1. The Labute approximate surface area is 144 Å². The summed E-state index contributed by atoms with van der Waals surface area (Å²) in [6, 6.07) is 10.5. The van der Waals surface area contributed by atoms with Crippen molar-refractivity contribution in [2.45, 2.75) is 13.0 Å². The first-order valence-corrected chi connectivity index (χ1v) is 7.79. The van der Waals surface area contributed by atoms with Gasteiger partial charge in [-0.2, -0.15) is 0 Å². The molecule has 1 amide bonds. The van der Waals surface area contributed by atoms with Crippen molar-refractivity contribution in [3.63, 3.8) is 0 Å². The van der Waals surface area contributed by atoms with Crippen molar-refractivity contribution in [1.82, 2.24) is 9.88 Å². The molecule has 0 fully saturated rings. The monoisotopic (exact) mass is 344 g/mol. The van der Waals surface area contributed by atoms with Gasteiger partial charge in [0.2, 0.25) is 0 Å². The molecule has 0 saturated heterocycles. The van der Waals surface area contributed by atoms with Crippen LogP contribution in [0, 0.1) is 11.6 Å². The summed E-state index contributed by atoms with van der Waals surface area (Å²) in [5.74, 6) is -1.39. The van der Waals surface area contributed by atoms with Crippen molar-refractivity contribution in [2.75, 3.05) is 14.2 Å². The number of rotatable bonds is 4. The molecule has 0 radical (unpaired) electrons. The molecule has 3 rings (SSSR count). The van der Waals surface area contributed by atoms with Crippen LogP contribution in [0.15, 0.2) is 42.5 Å². The fourth-order valence-corrected chi connectivity index (χ4v) is 2.71. The molecule has 1 unspecified atom stereocenters. The quantitative estimate of drug-likeness (QED) is 0.767. The third-order valence-corrected chi connectivity index (χ3v) is 4.39. The number of halogens is 2. The summed E-state index contributed by atoms with van der Waals surface area (Å²) in [6.07, 6.45) is 0. The molecular formula is C19H18F2N2O2. The minimum atomic E-state index is -0.928. The Hall–Kier alpha value is -2.89. The van der Waals surface area contributed by atoms with Crippen molar-refractivity contribution in [3.05, 3.63) is 65.4 Å². The molecule has 1 N–H and O–H groups in total. The lowest BCUT2D eigenvalue weighted by atomic mass is 10.1. The molecular weight excluding hydrogens is 326 g/mol. The van der Waals surface area contributed by atoms with Crippen LogP contribution in [0.4, 0.5) is 8.78 Å². The molecule has 25 heavy (non-hydrogen) atoms. The zero-order chi connectivity index (χ0) is 18.1. The number of H-pyrrole nitrogens is 1. The van der Waals surface area contributed by atoms with Crippen LogP contribution < -0.4 is 4.74 Å². The molecule has 0 aliphatic carbocycles. The first-order valence-electron chi connectivity index (χ1n) is 7.79. The molecule has 6 heteroatoms. The molecule has 0 bridgehead atoms. The highest BCUT2D eigenvalue weighted by atomic mass is 19.2. The molecule has 0 saturated carbocycles. The van der Waals surface area contributed by atoms with Gasteiger partial charge in [0.1, 0.15) is 11.4 Å². The van der Waals surface area contributed by atoms with Crippen LogP contribution in [0.2, 0.25) is 0 Å². The van der Waals surface area contributed by atoms with Crippen molar-refractivity contribution in [2.24, 2.45) is 0 Å². The number of nitrogens with zero attached hydrogens (tertiary/aromatic N) is 1. The molecule has 1 heterocycles. The number of aromatic nitrogens is 1. The van der Waals surface area contributed by atoms with E-state index >= 15 is 0 Å². The Morgan fingerprint density at radius 3 is 2.56 bits per heavy atom. The predicted octanol–water partition coefficient (Wildman–Crippen LogP) is 4.29. The van der Waals surface area contributed by atoms with Gasteiger partial charge in [-0.25, -0.2) is 8.78 Å². The predicted molar refractivity (Wildman–Crippen MR) is 91.7 cm³/mol. The van der Waals surface area contributed by atoms with E-state index in [9.17, 15) is 13.6 Å². The number of benzene rings is 2. The topological polar surface area (TPSA) is 45.3 Å². The average Bonchev–Trinajstić information content (AvgIpc) is 3.05. The number of nitrogens with one attached hydrogen (secondary N) is 1. The number of hydrogen-bond acceptors (Lipinski definition) is 2. The Bertz CT molecular complexity index is 936. The number of fused-ring (bicyclic) bond motifs is 1. The zero-order valence-electron chi connectivity index (χ0n) is 14.1. The Morgan fingerprint density at radius 1 is 1.12 bits per heavy atom. The summed E-state index contributed by atoms with van der Waals surface area (Å²) in [5.41, 5.74) is 1.73. The SMILES string of the molecule is COc1ccc2cc(C(=O)N(C)C(C)c3ccc(F)c(F)c3)[nH]c2c1.